The first-order valence-electron chi connectivity index (χ1n) is 8.56. The van der Waals surface area contributed by atoms with Crippen molar-refractivity contribution in [3.63, 3.8) is 0 Å². The molecule has 2 heteroatoms. The van der Waals surface area contributed by atoms with Gasteiger partial charge in [0.2, 0.25) is 0 Å². The molecule has 0 fully saturated rings. The van der Waals surface area contributed by atoms with E-state index >= 15 is 0 Å². The highest BCUT2D eigenvalue weighted by Gasteiger charge is 2.24. The summed E-state index contributed by atoms with van der Waals surface area (Å²) in [5.41, 5.74) is 9.83. The van der Waals surface area contributed by atoms with Gasteiger partial charge in [-0.3, -0.25) is 0 Å². The van der Waals surface area contributed by atoms with Gasteiger partial charge in [-0.2, -0.15) is 0 Å². The first-order chi connectivity index (χ1) is 12.2. The van der Waals surface area contributed by atoms with E-state index in [1.165, 1.54) is 22.3 Å². The lowest BCUT2D eigenvalue weighted by Gasteiger charge is -2.12. The molecular formula is C23H18O2. The summed E-state index contributed by atoms with van der Waals surface area (Å²) in [7, 11) is 0. The number of hydrogen-bond acceptors (Lipinski definition) is 2. The van der Waals surface area contributed by atoms with Gasteiger partial charge in [-0.05, 0) is 77.9 Å². The molecule has 2 aromatic heterocycles. The van der Waals surface area contributed by atoms with Crippen LogP contribution in [0.1, 0.15) is 22.3 Å². The van der Waals surface area contributed by atoms with Crippen LogP contribution in [0.15, 0.2) is 69.9 Å². The quantitative estimate of drug-likeness (QED) is 0.375. The van der Waals surface area contributed by atoms with Crippen LogP contribution >= 0.6 is 0 Å². The van der Waals surface area contributed by atoms with Crippen LogP contribution in [0.3, 0.4) is 0 Å². The fourth-order valence-corrected chi connectivity index (χ4v) is 3.86. The minimum Gasteiger partial charge on any atom is -0.464 e. The molecule has 122 valence electrons. The van der Waals surface area contributed by atoms with Gasteiger partial charge in [0.25, 0.3) is 0 Å². The topological polar surface area (TPSA) is 26.3 Å². The van der Waals surface area contributed by atoms with Crippen molar-refractivity contribution in [2.45, 2.75) is 20.3 Å². The third kappa shape index (κ3) is 2.11. The van der Waals surface area contributed by atoms with E-state index in [0.29, 0.717) is 0 Å². The molecule has 0 aliphatic heterocycles. The number of hydrogen-bond donors (Lipinski definition) is 0. The average molecular weight is 326 g/mol. The van der Waals surface area contributed by atoms with Gasteiger partial charge in [0, 0.05) is 11.1 Å². The highest BCUT2D eigenvalue weighted by molar-refractivity contribution is 5.89. The smallest absolute Gasteiger partial charge is 0.137 e. The molecule has 2 aromatic carbocycles. The maximum absolute atomic E-state index is 5.84. The van der Waals surface area contributed by atoms with E-state index in [1.54, 1.807) is 12.5 Å². The number of aryl methyl sites for hydroxylation is 2. The van der Waals surface area contributed by atoms with Gasteiger partial charge >= 0.3 is 0 Å². The second kappa shape index (κ2) is 5.25. The molecule has 0 radical (unpaired) electrons. The van der Waals surface area contributed by atoms with Crippen molar-refractivity contribution >= 4 is 0 Å². The zero-order valence-electron chi connectivity index (χ0n) is 14.3. The molecule has 1 aliphatic rings. The Labute approximate surface area is 146 Å². The summed E-state index contributed by atoms with van der Waals surface area (Å²) >= 11 is 0. The fraction of sp³-hybridized carbons (Fsp3) is 0.130. The Bertz CT molecular complexity index is 1090. The summed E-state index contributed by atoms with van der Waals surface area (Å²) in [6.07, 6.45) is 4.48. The summed E-state index contributed by atoms with van der Waals surface area (Å²) < 4.78 is 11.7. The molecule has 0 N–H and O–H groups in total. The highest BCUT2D eigenvalue weighted by Crippen LogP contribution is 2.44. The zero-order chi connectivity index (χ0) is 17.0. The number of rotatable bonds is 2. The lowest BCUT2D eigenvalue weighted by atomic mass is 9.93. The average Bonchev–Trinajstić information content (AvgIpc) is 3.31. The van der Waals surface area contributed by atoms with E-state index in [0.717, 1.165) is 40.2 Å². The summed E-state index contributed by atoms with van der Waals surface area (Å²) in [6, 6.07) is 17.2. The number of fused-ring (bicyclic) bond motifs is 3. The Hall–Kier alpha value is -3.00. The van der Waals surface area contributed by atoms with Crippen LogP contribution in [0.5, 0.6) is 0 Å². The highest BCUT2D eigenvalue weighted by atomic mass is 16.3. The van der Waals surface area contributed by atoms with Crippen molar-refractivity contribution in [2.75, 3.05) is 0 Å². The summed E-state index contributed by atoms with van der Waals surface area (Å²) in [5.74, 6) is 1.84. The Morgan fingerprint density at radius 2 is 1.28 bits per heavy atom. The van der Waals surface area contributed by atoms with E-state index in [1.807, 2.05) is 12.1 Å². The minimum atomic E-state index is 0.915. The molecule has 2 nitrogen and oxygen atoms in total. The van der Waals surface area contributed by atoms with Crippen LogP contribution in [0.25, 0.3) is 33.8 Å². The van der Waals surface area contributed by atoms with Gasteiger partial charge in [0.1, 0.15) is 11.5 Å². The molecular weight excluding hydrogens is 308 g/mol. The van der Waals surface area contributed by atoms with Crippen molar-refractivity contribution in [3.05, 3.63) is 83.3 Å². The van der Waals surface area contributed by atoms with E-state index in [4.69, 9.17) is 8.83 Å². The molecule has 0 saturated carbocycles. The molecule has 0 unspecified atom stereocenters. The van der Waals surface area contributed by atoms with Crippen LogP contribution in [-0.2, 0) is 6.42 Å². The maximum Gasteiger partial charge on any atom is 0.137 e. The van der Waals surface area contributed by atoms with Crippen molar-refractivity contribution < 1.29 is 8.83 Å². The van der Waals surface area contributed by atoms with Gasteiger partial charge < -0.3 is 8.83 Å². The molecule has 0 spiro atoms. The predicted octanol–water partition coefficient (Wildman–Crippen LogP) is 6.39. The van der Waals surface area contributed by atoms with Crippen LogP contribution in [0, 0.1) is 13.8 Å². The van der Waals surface area contributed by atoms with Gasteiger partial charge in [-0.15, -0.1) is 0 Å². The second-order valence-electron chi connectivity index (χ2n) is 6.75. The van der Waals surface area contributed by atoms with Crippen molar-refractivity contribution in [2.24, 2.45) is 0 Å². The third-order valence-corrected chi connectivity index (χ3v) is 5.15. The van der Waals surface area contributed by atoms with E-state index in [-0.39, 0.29) is 0 Å². The van der Waals surface area contributed by atoms with Gasteiger partial charge in [0.15, 0.2) is 0 Å². The van der Waals surface area contributed by atoms with Crippen LogP contribution in [0.4, 0.5) is 0 Å². The Morgan fingerprint density at radius 1 is 0.640 bits per heavy atom. The molecule has 0 atom stereocenters. The summed E-state index contributed by atoms with van der Waals surface area (Å²) in [5, 5.41) is 0. The van der Waals surface area contributed by atoms with Crippen LogP contribution in [-0.4, -0.2) is 0 Å². The fourth-order valence-electron chi connectivity index (χ4n) is 3.86. The molecule has 5 rings (SSSR count). The van der Waals surface area contributed by atoms with Crippen LogP contribution < -0.4 is 0 Å². The van der Waals surface area contributed by atoms with E-state index in [9.17, 15) is 0 Å². The van der Waals surface area contributed by atoms with Gasteiger partial charge in [0.05, 0.1) is 12.5 Å². The van der Waals surface area contributed by atoms with Crippen molar-refractivity contribution in [3.8, 4) is 33.8 Å². The molecule has 0 bridgehead atoms. The lowest BCUT2D eigenvalue weighted by Crippen LogP contribution is -1.90. The Kier molecular flexibility index (Phi) is 3.01. The molecule has 1 aliphatic carbocycles. The minimum absolute atomic E-state index is 0.915. The standard InChI is InChI=1S/C23H18O2/c1-14-7-9-24-22(14)20-12-17-11-16-5-3-4-6-18(16)19(17)13-21(20)23-15(2)8-10-25-23/h3-10,12-13H,11H2,1-2H3. The van der Waals surface area contributed by atoms with Gasteiger partial charge in [-0.25, -0.2) is 0 Å². The van der Waals surface area contributed by atoms with Crippen LogP contribution in [0.2, 0.25) is 0 Å². The lowest BCUT2D eigenvalue weighted by molar-refractivity contribution is 0.574. The molecule has 4 aromatic rings. The SMILES string of the molecule is Cc1ccoc1-c1cc2c(cc1-c1occc1C)-c1ccccc1C2. The largest absolute Gasteiger partial charge is 0.464 e. The predicted molar refractivity (Wildman–Crippen MR) is 99.6 cm³/mol. The molecule has 0 saturated heterocycles. The molecule has 25 heavy (non-hydrogen) atoms. The van der Waals surface area contributed by atoms with E-state index in [2.05, 4.69) is 50.2 Å². The number of furan rings is 2. The maximum atomic E-state index is 5.84. The zero-order valence-corrected chi connectivity index (χ0v) is 14.3. The van der Waals surface area contributed by atoms with E-state index < -0.39 is 0 Å². The summed E-state index contributed by atoms with van der Waals surface area (Å²) in [4.78, 5) is 0. The Balaban J connectivity index is 1.82. The Morgan fingerprint density at radius 3 is 1.92 bits per heavy atom. The molecule has 0 amide bonds. The molecule has 2 heterocycles. The first-order valence-corrected chi connectivity index (χ1v) is 8.56. The van der Waals surface area contributed by atoms with Crippen molar-refractivity contribution in [1.82, 2.24) is 0 Å². The number of benzene rings is 2. The summed E-state index contributed by atoms with van der Waals surface area (Å²) in [6.45, 7) is 4.17. The monoisotopic (exact) mass is 326 g/mol. The first kappa shape index (κ1) is 14.4. The third-order valence-electron chi connectivity index (χ3n) is 5.15. The normalized spacial score (nSPS) is 12.2. The van der Waals surface area contributed by atoms with Gasteiger partial charge in [-0.1, -0.05) is 24.3 Å². The second-order valence-corrected chi connectivity index (χ2v) is 6.75. The van der Waals surface area contributed by atoms with Crippen molar-refractivity contribution in [1.29, 1.82) is 0 Å².